The van der Waals surface area contributed by atoms with Crippen molar-refractivity contribution in [2.24, 2.45) is 0 Å². The van der Waals surface area contributed by atoms with E-state index in [1.54, 1.807) is 0 Å². The molecular formula is C26H24N+. The van der Waals surface area contributed by atoms with Gasteiger partial charge in [0, 0.05) is 24.1 Å². The Morgan fingerprint density at radius 1 is 0.926 bits per heavy atom. The summed E-state index contributed by atoms with van der Waals surface area (Å²) in [7, 11) is 2.17. The molecule has 1 atom stereocenters. The molecule has 0 aromatic heterocycles. The molecule has 4 rings (SSSR count). The van der Waals surface area contributed by atoms with Crippen molar-refractivity contribution in [1.29, 1.82) is 0 Å². The second-order valence-electron chi connectivity index (χ2n) is 7.30. The molecule has 1 aliphatic heterocycles. The van der Waals surface area contributed by atoms with E-state index in [1.807, 2.05) is 6.92 Å². The van der Waals surface area contributed by atoms with Crippen LogP contribution in [0, 0.1) is 11.8 Å². The van der Waals surface area contributed by atoms with Gasteiger partial charge in [0.1, 0.15) is 7.05 Å². The first-order chi connectivity index (χ1) is 13.1. The first kappa shape index (κ1) is 17.3. The Morgan fingerprint density at radius 3 is 2.44 bits per heavy atom. The lowest BCUT2D eigenvalue weighted by Gasteiger charge is -2.21. The van der Waals surface area contributed by atoms with Crippen molar-refractivity contribution >= 4 is 28.2 Å². The second-order valence-corrected chi connectivity index (χ2v) is 7.30. The summed E-state index contributed by atoms with van der Waals surface area (Å²) in [5, 5.41) is 2.61. The van der Waals surface area contributed by atoms with Crippen LogP contribution in [0.4, 0.5) is 5.69 Å². The van der Waals surface area contributed by atoms with Crippen LogP contribution in [0.1, 0.15) is 31.4 Å². The molecule has 3 aromatic carbocycles. The minimum Gasteiger partial charge on any atom is -0.198 e. The van der Waals surface area contributed by atoms with Crippen LogP contribution in [-0.2, 0) is 5.41 Å². The molecule has 1 nitrogen and oxygen atoms in total. The van der Waals surface area contributed by atoms with E-state index in [1.165, 1.54) is 33.3 Å². The molecule has 0 aliphatic carbocycles. The van der Waals surface area contributed by atoms with Gasteiger partial charge in [0.15, 0.2) is 5.71 Å². The van der Waals surface area contributed by atoms with Gasteiger partial charge in [-0.3, -0.25) is 0 Å². The van der Waals surface area contributed by atoms with E-state index in [9.17, 15) is 0 Å². The molecule has 0 N–H and O–H groups in total. The topological polar surface area (TPSA) is 3.01 Å². The van der Waals surface area contributed by atoms with Crippen LogP contribution in [0.25, 0.3) is 16.8 Å². The fourth-order valence-corrected chi connectivity index (χ4v) is 4.23. The number of fused-ring (bicyclic) bond motifs is 3. The molecule has 3 aromatic rings. The SMILES string of the molecule is CC#CCC1(C)C(C=Cc2ccccc2)=[N+](C)c2ccc3ccccc3c21. The van der Waals surface area contributed by atoms with Gasteiger partial charge in [-0.15, -0.1) is 11.8 Å². The van der Waals surface area contributed by atoms with Crippen LogP contribution >= 0.6 is 0 Å². The maximum atomic E-state index is 3.35. The lowest BCUT2D eigenvalue weighted by molar-refractivity contribution is -0.401. The molecule has 0 saturated carbocycles. The van der Waals surface area contributed by atoms with Crippen molar-refractivity contribution in [3.05, 3.63) is 83.9 Å². The lowest BCUT2D eigenvalue weighted by atomic mass is 9.74. The fourth-order valence-electron chi connectivity index (χ4n) is 4.23. The van der Waals surface area contributed by atoms with Gasteiger partial charge in [-0.25, -0.2) is 0 Å². The molecule has 0 bridgehead atoms. The van der Waals surface area contributed by atoms with Gasteiger partial charge in [0.05, 0.1) is 5.41 Å². The lowest BCUT2D eigenvalue weighted by Crippen LogP contribution is -2.30. The summed E-state index contributed by atoms with van der Waals surface area (Å²) >= 11 is 0. The van der Waals surface area contributed by atoms with E-state index >= 15 is 0 Å². The molecule has 0 fully saturated rings. The van der Waals surface area contributed by atoms with Crippen LogP contribution in [0.15, 0.2) is 72.8 Å². The van der Waals surface area contributed by atoms with Crippen LogP contribution in [-0.4, -0.2) is 17.3 Å². The normalized spacial score (nSPS) is 18.6. The zero-order valence-electron chi connectivity index (χ0n) is 16.2. The van der Waals surface area contributed by atoms with Gasteiger partial charge in [-0.05, 0) is 42.3 Å². The third-order valence-corrected chi connectivity index (χ3v) is 5.60. The molecule has 1 unspecified atom stereocenters. The zero-order chi connectivity index (χ0) is 18.9. The van der Waals surface area contributed by atoms with Crippen LogP contribution < -0.4 is 0 Å². The Morgan fingerprint density at radius 2 is 1.67 bits per heavy atom. The highest BCUT2D eigenvalue weighted by Crippen LogP contribution is 2.45. The number of hydrogen-bond donors (Lipinski definition) is 0. The zero-order valence-corrected chi connectivity index (χ0v) is 16.2. The largest absolute Gasteiger partial charge is 0.210 e. The highest BCUT2D eigenvalue weighted by atomic mass is 15.0. The van der Waals surface area contributed by atoms with Crippen LogP contribution in [0.5, 0.6) is 0 Å². The summed E-state index contributed by atoms with van der Waals surface area (Å²) in [5.41, 5.74) is 5.03. The quantitative estimate of drug-likeness (QED) is 0.405. The number of allylic oxidation sites excluding steroid dienone is 1. The molecular weight excluding hydrogens is 326 g/mol. The first-order valence-corrected chi connectivity index (χ1v) is 9.41. The smallest absolute Gasteiger partial charge is 0.198 e. The van der Waals surface area contributed by atoms with E-state index in [0.29, 0.717) is 0 Å². The summed E-state index contributed by atoms with van der Waals surface area (Å²) in [5.74, 6) is 6.46. The van der Waals surface area contributed by atoms with Gasteiger partial charge < -0.3 is 0 Å². The monoisotopic (exact) mass is 350 g/mol. The Labute approximate surface area is 161 Å². The molecule has 0 spiro atoms. The Kier molecular flexibility index (Phi) is 4.42. The number of nitrogens with zero attached hydrogens (tertiary/aromatic N) is 1. The number of benzene rings is 3. The summed E-state index contributed by atoms with van der Waals surface area (Å²) in [6.45, 7) is 4.25. The molecule has 0 amide bonds. The maximum Gasteiger partial charge on any atom is 0.210 e. The van der Waals surface area contributed by atoms with Crippen molar-refractivity contribution < 1.29 is 4.58 Å². The van der Waals surface area contributed by atoms with Crippen molar-refractivity contribution in [2.45, 2.75) is 25.7 Å². The molecule has 1 aliphatic rings. The average molecular weight is 350 g/mol. The van der Waals surface area contributed by atoms with Crippen molar-refractivity contribution in [3.8, 4) is 11.8 Å². The molecule has 0 saturated heterocycles. The minimum absolute atomic E-state index is 0.140. The Bertz CT molecular complexity index is 1120. The first-order valence-electron chi connectivity index (χ1n) is 9.41. The predicted octanol–water partition coefficient (Wildman–Crippen LogP) is 5.95. The third-order valence-electron chi connectivity index (χ3n) is 5.60. The standard InChI is InChI=1S/C26H24N/c1-4-5-19-26(2)24(18-15-20-11-7-6-8-12-20)27(3)23-17-16-21-13-9-10-14-22(21)25(23)26/h6-18H,19H2,1-3H3/q+1. The average Bonchev–Trinajstić information content (AvgIpc) is 2.93. The van der Waals surface area contributed by atoms with E-state index in [0.717, 1.165) is 6.42 Å². The summed E-state index contributed by atoms with van der Waals surface area (Å²) in [6, 6.07) is 23.6. The maximum absolute atomic E-state index is 3.35. The van der Waals surface area contributed by atoms with Crippen LogP contribution in [0.2, 0.25) is 0 Å². The molecule has 0 radical (unpaired) electrons. The Hall–Kier alpha value is -3.11. The number of hydrogen-bond acceptors (Lipinski definition) is 0. The van der Waals surface area contributed by atoms with Gasteiger partial charge in [0.25, 0.3) is 0 Å². The Balaban J connectivity index is 1.91. The molecule has 1 heterocycles. The summed E-state index contributed by atoms with van der Waals surface area (Å²) in [6.07, 6.45) is 5.28. The third kappa shape index (κ3) is 2.88. The second kappa shape index (κ2) is 6.89. The number of rotatable bonds is 3. The van der Waals surface area contributed by atoms with E-state index in [4.69, 9.17) is 0 Å². The highest BCUT2D eigenvalue weighted by Gasteiger charge is 2.47. The summed E-state index contributed by atoms with van der Waals surface area (Å²) < 4.78 is 2.33. The molecule has 27 heavy (non-hydrogen) atoms. The van der Waals surface area contributed by atoms with Crippen molar-refractivity contribution in [1.82, 2.24) is 0 Å². The van der Waals surface area contributed by atoms with Gasteiger partial charge in [0.2, 0.25) is 5.69 Å². The van der Waals surface area contributed by atoms with Crippen molar-refractivity contribution in [2.75, 3.05) is 7.05 Å². The fraction of sp³-hybridized carbons (Fsp3) is 0.192. The van der Waals surface area contributed by atoms with E-state index < -0.39 is 0 Å². The van der Waals surface area contributed by atoms with Crippen molar-refractivity contribution in [3.63, 3.8) is 0 Å². The van der Waals surface area contributed by atoms with Gasteiger partial charge >= 0.3 is 0 Å². The summed E-state index contributed by atoms with van der Waals surface area (Å²) in [4.78, 5) is 0. The van der Waals surface area contributed by atoms with E-state index in [-0.39, 0.29) is 5.41 Å². The highest BCUT2D eigenvalue weighted by molar-refractivity contribution is 6.09. The molecule has 132 valence electrons. The van der Waals surface area contributed by atoms with Crippen LogP contribution in [0.3, 0.4) is 0 Å². The predicted molar refractivity (Wildman–Crippen MR) is 116 cm³/mol. The van der Waals surface area contributed by atoms with E-state index in [2.05, 4.69) is 109 Å². The molecule has 1 heteroatoms. The van der Waals surface area contributed by atoms with Gasteiger partial charge in [-0.1, -0.05) is 54.6 Å². The van der Waals surface area contributed by atoms with Gasteiger partial charge in [-0.2, -0.15) is 4.58 Å². The minimum atomic E-state index is -0.140.